The highest BCUT2D eigenvalue weighted by Crippen LogP contribution is 2.22. The molecule has 130 valence electrons. The molecule has 0 aliphatic heterocycles. The number of aromatic amines is 1. The Labute approximate surface area is 152 Å². The zero-order valence-electron chi connectivity index (χ0n) is 13.3. The van der Waals surface area contributed by atoms with E-state index < -0.39 is 0 Å². The normalized spacial score (nSPS) is 11.0. The van der Waals surface area contributed by atoms with Gasteiger partial charge in [-0.15, -0.1) is 0 Å². The van der Waals surface area contributed by atoms with Gasteiger partial charge in [0.15, 0.2) is 5.16 Å². The molecule has 0 radical (unpaired) electrons. The molecule has 7 nitrogen and oxygen atoms in total. The van der Waals surface area contributed by atoms with Crippen molar-refractivity contribution in [1.29, 1.82) is 0 Å². The molecule has 0 atom stereocenters. The van der Waals surface area contributed by atoms with E-state index in [4.69, 9.17) is 21.2 Å². The Hall–Kier alpha value is -2.16. The number of benzene rings is 1. The van der Waals surface area contributed by atoms with Gasteiger partial charge in [0.25, 0.3) is 5.56 Å². The molecule has 0 aliphatic rings. The van der Waals surface area contributed by atoms with Crippen molar-refractivity contribution >= 4 is 23.4 Å². The first-order valence-electron chi connectivity index (χ1n) is 7.49. The van der Waals surface area contributed by atoms with Gasteiger partial charge in [-0.1, -0.05) is 28.5 Å². The molecule has 2 N–H and O–H groups in total. The van der Waals surface area contributed by atoms with Gasteiger partial charge in [0.05, 0.1) is 5.75 Å². The van der Waals surface area contributed by atoms with Crippen LogP contribution in [0.1, 0.15) is 17.1 Å². The van der Waals surface area contributed by atoms with Gasteiger partial charge >= 0.3 is 0 Å². The zero-order valence-corrected chi connectivity index (χ0v) is 14.9. The minimum absolute atomic E-state index is 0.0897. The number of nitrogens with one attached hydrogen (secondary N) is 1. The molecule has 0 amide bonds. The number of hydrogen-bond donors (Lipinski definition) is 2. The first-order chi connectivity index (χ1) is 12.1. The van der Waals surface area contributed by atoms with E-state index in [9.17, 15) is 4.79 Å². The largest absolute Gasteiger partial charge is 0.396 e. The number of rotatable bonds is 6. The second-order valence-electron chi connectivity index (χ2n) is 5.22. The first kappa shape index (κ1) is 17.7. The Morgan fingerprint density at radius 3 is 2.72 bits per heavy atom. The molecule has 3 rings (SSSR count). The molecule has 0 aliphatic carbocycles. The average Bonchev–Trinajstić information content (AvgIpc) is 3.06. The summed E-state index contributed by atoms with van der Waals surface area (Å²) in [5, 5.41) is 14.0. The molecule has 2 heterocycles. The summed E-state index contributed by atoms with van der Waals surface area (Å²) in [5.41, 5.74) is 1.67. The van der Waals surface area contributed by atoms with E-state index in [1.165, 1.54) is 11.8 Å². The quantitative estimate of drug-likeness (QED) is 0.501. The summed E-state index contributed by atoms with van der Waals surface area (Å²) in [5.74, 6) is 1.28. The Morgan fingerprint density at radius 2 is 2.04 bits per heavy atom. The van der Waals surface area contributed by atoms with Crippen LogP contribution in [-0.4, -0.2) is 31.8 Å². The Morgan fingerprint density at radius 1 is 1.28 bits per heavy atom. The molecular formula is C16H15ClN4O3S. The Balaban J connectivity index is 1.70. The standard InChI is InChI=1S/C16H15ClN4O3S/c1-9-12(6-7-22)15(23)20-16(18-9)25-8-13-19-14(21-24-13)10-2-4-11(17)5-3-10/h2-5,22H,6-8H2,1H3,(H,18,20,23). The third kappa shape index (κ3) is 4.28. The highest BCUT2D eigenvalue weighted by Gasteiger charge is 2.12. The number of hydrogen-bond acceptors (Lipinski definition) is 7. The van der Waals surface area contributed by atoms with Crippen LogP contribution >= 0.6 is 23.4 Å². The number of aryl methyl sites for hydroxylation is 1. The van der Waals surface area contributed by atoms with E-state index >= 15 is 0 Å². The zero-order chi connectivity index (χ0) is 17.8. The maximum Gasteiger partial charge on any atom is 0.255 e. The van der Waals surface area contributed by atoms with Gasteiger partial charge < -0.3 is 14.6 Å². The van der Waals surface area contributed by atoms with Gasteiger partial charge in [0, 0.05) is 34.9 Å². The number of nitrogens with zero attached hydrogens (tertiary/aromatic N) is 3. The minimum Gasteiger partial charge on any atom is -0.396 e. The van der Waals surface area contributed by atoms with Crippen LogP contribution in [0.15, 0.2) is 38.7 Å². The lowest BCUT2D eigenvalue weighted by molar-refractivity contribution is 0.298. The lowest BCUT2D eigenvalue weighted by Gasteiger charge is -2.04. The summed E-state index contributed by atoms with van der Waals surface area (Å²) in [6, 6.07) is 7.14. The molecule has 1 aromatic carbocycles. The number of thioether (sulfide) groups is 1. The molecule has 0 unspecified atom stereocenters. The molecule has 9 heteroatoms. The van der Waals surface area contributed by atoms with Crippen LogP contribution in [-0.2, 0) is 12.2 Å². The fourth-order valence-corrected chi connectivity index (χ4v) is 3.09. The summed E-state index contributed by atoms with van der Waals surface area (Å²) in [7, 11) is 0. The highest BCUT2D eigenvalue weighted by molar-refractivity contribution is 7.98. The van der Waals surface area contributed by atoms with Crippen LogP contribution in [0.4, 0.5) is 0 Å². The average molecular weight is 379 g/mol. The van der Waals surface area contributed by atoms with E-state index in [0.29, 0.717) is 38.9 Å². The molecule has 0 saturated heterocycles. The van der Waals surface area contributed by atoms with Crippen LogP contribution in [0, 0.1) is 6.92 Å². The first-order valence-corrected chi connectivity index (χ1v) is 8.85. The van der Waals surface area contributed by atoms with Crippen molar-refractivity contribution < 1.29 is 9.63 Å². The van der Waals surface area contributed by atoms with Crippen LogP contribution in [0.3, 0.4) is 0 Å². The third-order valence-corrected chi connectivity index (χ3v) is 4.58. The van der Waals surface area contributed by atoms with Gasteiger partial charge in [-0.3, -0.25) is 4.79 Å². The van der Waals surface area contributed by atoms with Gasteiger partial charge in [-0.25, -0.2) is 4.98 Å². The van der Waals surface area contributed by atoms with E-state index in [1.807, 2.05) is 12.1 Å². The highest BCUT2D eigenvalue weighted by atomic mass is 35.5. The van der Waals surface area contributed by atoms with Crippen LogP contribution < -0.4 is 5.56 Å². The maximum atomic E-state index is 12.0. The second-order valence-corrected chi connectivity index (χ2v) is 6.62. The van der Waals surface area contributed by atoms with Crippen LogP contribution in [0.25, 0.3) is 11.4 Å². The van der Waals surface area contributed by atoms with Crippen molar-refractivity contribution in [3.05, 3.63) is 56.8 Å². The molecule has 0 fully saturated rings. The van der Waals surface area contributed by atoms with Crippen LogP contribution in [0.2, 0.25) is 5.02 Å². The predicted octanol–water partition coefficient (Wildman–Crippen LogP) is 2.61. The fraction of sp³-hybridized carbons (Fsp3) is 0.250. The lowest BCUT2D eigenvalue weighted by Crippen LogP contribution is -2.18. The predicted molar refractivity (Wildman–Crippen MR) is 94.7 cm³/mol. The minimum atomic E-state index is -0.239. The van der Waals surface area contributed by atoms with E-state index in [2.05, 4.69) is 20.1 Å². The Kier molecular flexibility index (Phi) is 5.52. The number of H-pyrrole nitrogens is 1. The SMILES string of the molecule is Cc1nc(SCc2nc(-c3ccc(Cl)cc3)no2)[nH]c(=O)c1CCO. The molecule has 0 spiro atoms. The van der Waals surface area contributed by atoms with Crippen molar-refractivity contribution in [1.82, 2.24) is 20.1 Å². The van der Waals surface area contributed by atoms with Crippen molar-refractivity contribution in [2.24, 2.45) is 0 Å². The molecular weight excluding hydrogens is 364 g/mol. The van der Waals surface area contributed by atoms with Gasteiger partial charge in [-0.05, 0) is 31.2 Å². The summed E-state index contributed by atoms with van der Waals surface area (Å²) in [6.07, 6.45) is 0.285. The topological polar surface area (TPSA) is 105 Å². The maximum absolute atomic E-state index is 12.0. The monoisotopic (exact) mass is 378 g/mol. The van der Waals surface area contributed by atoms with E-state index in [-0.39, 0.29) is 18.6 Å². The number of aliphatic hydroxyl groups is 1. The number of halogens is 1. The Bertz CT molecular complexity index is 924. The van der Waals surface area contributed by atoms with E-state index in [1.54, 1.807) is 19.1 Å². The molecule has 0 bridgehead atoms. The fourth-order valence-electron chi connectivity index (χ4n) is 2.22. The number of aliphatic hydroxyl groups excluding tert-OH is 1. The van der Waals surface area contributed by atoms with Gasteiger partial charge in [-0.2, -0.15) is 4.98 Å². The van der Waals surface area contributed by atoms with Gasteiger partial charge in [0.1, 0.15) is 0 Å². The molecule has 0 saturated carbocycles. The van der Waals surface area contributed by atoms with Crippen molar-refractivity contribution in [3.8, 4) is 11.4 Å². The summed E-state index contributed by atoms with van der Waals surface area (Å²) < 4.78 is 5.23. The van der Waals surface area contributed by atoms with Crippen molar-refractivity contribution in [2.75, 3.05) is 6.61 Å². The van der Waals surface area contributed by atoms with Gasteiger partial charge in [0.2, 0.25) is 11.7 Å². The van der Waals surface area contributed by atoms with Crippen LogP contribution in [0.5, 0.6) is 0 Å². The second kappa shape index (κ2) is 7.81. The van der Waals surface area contributed by atoms with Crippen molar-refractivity contribution in [2.45, 2.75) is 24.3 Å². The molecule has 25 heavy (non-hydrogen) atoms. The molecule has 2 aromatic heterocycles. The summed E-state index contributed by atoms with van der Waals surface area (Å²) in [4.78, 5) is 23.4. The van der Waals surface area contributed by atoms with E-state index in [0.717, 1.165) is 5.56 Å². The summed E-state index contributed by atoms with van der Waals surface area (Å²) >= 11 is 7.15. The molecule has 3 aromatic rings. The van der Waals surface area contributed by atoms with Crippen molar-refractivity contribution in [3.63, 3.8) is 0 Å². The number of aromatic nitrogens is 4. The smallest absolute Gasteiger partial charge is 0.255 e. The third-order valence-electron chi connectivity index (χ3n) is 3.47. The summed E-state index contributed by atoms with van der Waals surface area (Å²) in [6.45, 7) is 1.66. The lowest BCUT2D eigenvalue weighted by atomic mass is 10.2.